The van der Waals surface area contributed by atoms with E-state index < -0.39 is 12.2 Å². The summed E-state index contributed by atoms with van der Waals surface area (Å²) in [6.45, 7) is 0.901. The van der Waals surface area contributed by atoms with E-state index in [1.165, 1.54) is 6.92 Å². The van der Waals surface area contributed by atoms with E-state index in [9.17, 15) is 9.90 Å². The van der Waals surface area contributed by atoms with Crippen LogP contribution in [0, 0.1) is 17.8 Å². The average Bonchev–Trinajstić information content (AvgIpc) is 2.87. The summed E-state index contributed by atoms with van der Waals surface area (Å²) in [6, 6.07) is 0. The monoisotopic (exact) mass is 226 g/mol. The van der Waals surface area contributed by atoms with Crippen LogP contribution in [-0.4, -0.2) is 35.0 Å². The normalized spacial score (nSPS) is 35.1. The van der Waals surface area contributed by atoms with Crippen LogP contribution in [0.4, 0.5) is 0 Å². The van der Waals surface area contributed by atoms with Gasteiger partial charge < -0.3 is 14.9 Å². The van der Waals surface area contributed by atoms with Crippen LogP contribution in [0.5, 0.6) is 0 Å². The van der Waals surface area contributed by atoms with Gasteiger partial charge in [-0.15, -0.1) is 0 Å². The summed E-state index contributed by atoms with van der Waals surface area (Å²) in [5.74, 6) is 0.549. The van der Waals surface area contributed by atoms with Crippen molar-refractivity contribution in [2.24, 2.45) is 17.8 Å². The number of rotatable bonds is 4. The maximum absolute atomic E-state index is 11.7. The fourth-order valence-electron chi connectivity index (χ4n) is 2.43. The zero-order valence-corrected chi connectivity index (χ0v) is 9.43. The molecule has 4 atom stereocenters. The van der Waals surface area contributed by atoms with Gasteiger partial charge in [-0.2, -0.15) is 0 Å². The summed E-state index contributed by atoms with van der Waals surface area (Å²) in [5, 5.41) is 18.3. The molecular formula is C12H18O4. The van der Waals surface area contributed by atoms with Gasteiger partial charge in [0.15, 0.2) is 0 Å². The van der Waals surface area contributed by atoms with Gasteiger partial charge in [-0.1, -0.05) is 12.2 Å². The first-order chi connectivity index (χ1) is 7.52. The molecule has 0 aromatic rings. The molecule has 1 unspecified atom stereocenters. The van der Waals surface area contributed by atoms with Crippen LogP contribution in [-0.2, 0) is 9.53 Å². The molecule has 0 radical (unpaired) electrons. The Labute approximate surface area is 94.9 Å². The van der Waals surface area contributed by atoms with E-state index in [-0.39, 0.29) is 18.5 Å². The van der Waals surface area contributed by atoms with Gasteiger partial charge in [0, 0.05) is 0 Å². The third kappa shape index (κ3) is 2.28. The number of hydrogen-bond acceptors (Lipinski definition) is 4. The minimum Gasteiger partial charge on any atom is -0.462 e. The Morgan fingerprint density at radius 3 is 2.75 bits per heavy atom. The maximum Gasteiger partial charge on any atom is 0.309 e. The lowest BCUT2D eigenvalue weighted by Gasteiger charge is -2.22. The van der Waals surface area contributed by atoms with E-state index in [1.807, 2.05) is 0 Å². The number of ether oxygens (including phenoxy) is 1. The summed E-state index contributed by atoms with van der Waals surface area (Å²) in [7, 11) is 0. The zero-order valence-electron chi connectivity index (χ0n) is 9.43. The van der Waals surface area contributed by atoms with Crippen molar-refractivity contribution >= 4 is 5.97 Å². The molecule has 0 amide bonds. The third-order valence-electron chi connectivity index (χ3n) is 3.45. The molecule has 90 valence electrons. The first kappa shape index (κ1) is 11.6. The number of allylic oxidation sites excluding steroid dienone is 2. The highest BCUT2D eigenvalue weighted by Crippen LogP contribution is 2.43. The van der Waals surface area contributed by atoms with Crippen LogP contribution in [0.3, 0.4) is 0 Å². The van der Waals surface area contributed by atoms with E-state index in [4.69, 9.17) is 9.84 Å². The van der Waals surface area contributed by atoms with E-state index in [0.29, 0.717) is 11.8 Å². The van der Waals surface area contributed by atoms with Crippen molar-refractivity contribution < 1.29 is 19.7 Å². The standard InChI is InChI=1S/C12H18O4/c1-12(15,6-13)7-16-11(14)10-5-8-2-3-9(10)4-8/h2-3,8-10,13,15H,4-7H2,1H3/t8-,9+,10-,12?/m0/s1. The molecule has 0 aromatic carbocycles. The van der Waals surface area contributed by atoms with Crippen LogP contribution in [0.15, 0.2) is 12.2 Å². The van der Waals surface area contributed by atoms with Crippen molar-refractivity contribution in [3.05, 3.63) is 12.2 Å². The van der Waals surface area contributed by atoms with E-state index in [0.717, 1.165) is 12.8 Å². The predicted octanol–water partition coefficient (Wildman–Crippen LogP) is 0.485. The van der Waals surface area contributed by atoms with Gasteiger partial charge in [-0.05, 0) is 31.6 Å². The van der Waals surface area contributed by atoms with E-state index >= 15 is 0 Å². The van der Waals surface area contributed by atoms with Crippen LogP contribution < -0.4 is 0 Å². The Morgan fingerprint density at radius 1 is 1.50 bits per heavy atom. The molecule has 2 bridgehead atoms. The number of esters is 1. The lowest BCUT2D eigenvalue weighted by atomic mass is 9.94. The Hall–Kier alpha value is -0.870. The molecule has 4 nitrogen and oxygen atoms in total. The fraction of sp³-hybridized carbons (Fsp3) is 0.750. The predicted molar refractivity (Wildman–Crippen MR) is 57.5 cm³/mol. The SMILES string of the molecule is CC(O)(CO)COC(=O)[C@H]1C[C@H]2C=C[C@@H]1C2. The summed E-state index contributed by atoms with van der Waals surface area (Å²) in [4.78, 5) is 11.7. The van der Waals surface area contributed by atoms with Gasteiger partial charge in [0.1, 0.15) is 12.2 Å². The van der Waals surface area contributed by atoms with Gasteiger partial charge in [-0.3, -0.25) is 4.79 Å². The molecule has 0 aliphatic heterocycles. The molecule has 2 aliphatic rings. The Kier molecular flexibility index (Phi) is 3.04. The van der Waals surface area contributed by atoms with Crippen molar-refractivity contribution in [2.45, 2.75) is 25.4 Å². The highest BCUT2D eigenvalue weighted by Gasteiger charge is 2.41. The highest BCUT2D eigenvalue weighted by atomic mass is 16.5. The number of hydrogen-bond donors (Lipinski definition) is 2. The van der Waals surface area contributed by atoms with Gasteiger partial charge in [0.25, 0.3) is 0 Å². The summed E-state index contributed by atoms with van der Waals surface area (Å²) in [6.07, 6.45) is 6.17. The molecule has 1 saturated carbocycles. The van der Waals surface area contributed by atoms with Gasteiger partial charge >= 0.3 is 5.97 Å². The Bertz CT molecular complexity index is 308. The van der Waals surface area contributed by atoms with Gasteiger partial charge in [-0.25, -0.2) is 0 Å². The molecule has 0 aromatic heterocycles. The van der Waals surface area contributed by atoms with Crippen molar-refractivity contribution in [3.8, 4) is 0 Å². The van der Waals surface area contributed by atoms with E-state index in [2.05, 4.69) is 12.2 Å². The third-order valence-corrected chi connectivity index (χ3v) is 3.45. The summed E-state index contributed by atoms with van der Waals surface area (Å²) in [5.41, 5.74) is -1.33. The second kappa shape index (κ2) is 4.18. The van der Waals surface area contributed by atoms with Crippen molar-refractivity contribution in [1.29, 1.82) is 0 Å². The molecule has 16 heavy (non-hydrogen) atoms. The van der Waals surface area contributed by atoms with Crippen LogP contribution in [0.2, 0.25) is 0 Å². The molecule has 2 N–H and O–H groups in total. The van der Waals surface area contributed by atoms with Crippen LogP contribution in [0.25, 0.3) is 0 Å². The lowest BCUT2D eigenvalue weighted by molar-refractivity contribution is -0.158. The summed E-state index contributed by atoms with van der Waals surface area (Å²) < 4.78 is 5.05. The van der Waals surface area contributed by atoms with Gasteiger partial charge in [0.05, 0.1) is 12.5 Å². The quantitative estimate of drug-likeness (QED) is 0.540. The van der Waals surface area contributed by atoms with Crippen molar-refractivity contribution in [3.63, 3.8) is 0 Å². The Morgan fingerprint density at radius 2 is 2.25 bits per heavy atom. The molecule has 0 spiro atoms. The minimum absolute atomic E-state index is 0.0514. The number of fused-ring (bicyclic) bond motifs is 2. The largest absolute Gasteiger partial charge is 0.462 e. The first-order valence-corrected chi connectivity index (χ1v) is 5.70. The first-order valence-electron chi connectivity index (χ1n) is 5.70. The Balaban J connectivity index is 1.83. The minimum atomic E-state index is -1.33. The smallest absolute Gasteiger partial charge is 0.309 e. The van der Waals surface area contributed by atoms with Crippen molar-refractivity contribution in [2.75, 3.05) is 13.2 Å². The molecule has 2 aliphatic carbocycles. The number of aliphatic hydroxyl groups excluding tert-OH is 1. The molecule has 0 heterocycles. The summed E-state index contributed by atoms with van der Waals surface area (Å²) >= 11 is 0. The molecule has 0 saturated heterocycles. The van der Waals surface area contributed by atoms with Gasteiger partial charge in [0.2, 0.25) is 0 Å². The number of aliphatic hydroxyl groups is 2. The lowest BCUT2D eigenvalue weighted by Crippen LogP contribution is -2.37. The number of carbonyl (C=O) groups excluding carboxylic acids is 1. The van der Waals surface area contributed by atoms with Crippen molar-refractivity contribution in [1.82, 2.24) is 0 Å². The fourth-order valence-corrected chi connectivity index (χ4v) is 2.43. The molecular weight excluding hydrogens is 208 g/mol. The van der Waals surface area contributed by atoms with Crippen LogP contribution >= 0.6 is 0 Å². The topological polar surface area (TPSA) is 66.8 Å². The molecule has 4 heteroatoms. The second-order valence-electron chi connectivity index (χ2n) is 5.15. The highest BCUT2D eigenvalue weighted by molar-refractivity contribution is 5.74. The average molecular weight is 226 g/mol. The van der Waals surface area contributed by atoms with E-state index in [1.54, 1.807) is 0 Å². The molecule has 1 fully saturated rings. The maximum atomic E-state index is 11.7. The zero-order chi connectivity index (χ0) is 11.8. The van der Waals surface area contributed by atoms with Crippen LogP contribution in [0.1, 0.15) is 19.8 Å². The number of carbonyl (C=O) groups is 1. The second-order valence-corrected chi connectivity index (χ2v) is 5.15. The molecule has 2 rings (SSSR count).